The molecule has 0 spiro atoms. The summed E-state index contributed by atoms with van der Waals surface area (Å²) in [5.74, 6) is 0.894. The Labute approximate surface area is 97.0 Å². The highest BCUT2D eigenvalue weighted by atomic mass is 32.2. The van der Waals surface area contributed by atoms with Crippen molar-refractivity contribution < 1.29 is 10.0 Å². The van der Waals surface area contributed by atoms with E-state index in [4.69, 9.17) is 10.8 Å². The van der Waals surface area contributed by atoms with Crippen LogP contribution in [0.2, 0.25) is 0 Å². The van der Waals surface area contributed by atoms with Gasteiger partial charge in [0.15, 0.2) is 0 Å². The largest absolute Gasteiger partial charge is 0.396 e. The topological polar surface area (TPSA) is 102 Å². The van der Waals surface area contributed by atoms with Gasteiger partial charge < -0.3 is 10.8 Å². The van der Waals surface area contributed by atoms with E-state index >= 15 is 0 Å². The fourth-order valence-electron chi connectivity index (χ4n) is 0.971. The number of thioether (sulfide) groups is 1. The second-order valence-electron chi connectivity index (χ2n) is 3.44. The molecule has 1 heterocycles. The lowest BCUT2D eigenvalue weighted by molar-refractivity contribution is -0.385. The fourth-order valence-corrected chi connectivity index (χ4v) is 1.91. The van der Waals surface area contributed by atoms with E-state index in [-0.39, 0.29) is 24.0 Å². The van der Waals surface area contributed by atoms with Crippen LogP contribution in [0.25, 0.3) is 0 Å². The third-order valence-corrected chi connectivity index (χ3v) is 3.09. The number of hydrogen-bond donors (Lipinski definition) is 2. The Hall–Kier alpha value is -1.34. The highest BCUT2D eigenvalue weighted by Gasteiger charge is 2.11. The van der Waals surface area contributed by atoms with E-state index < -0.39 is 4.92 Å². The van der Waals surface area contributed by atoms with Gasteiger partial charge in [-0.3, -0.25) is 10.1 Å². The number of nitrogens with two attached hydrogens (primary N) is 1. The number of anilines is 1. The van der Waals surface area contributed by atoms with E-state index in [0.717, 1.165) is 0 Å². The number of aromatic nitrogens is 1. The van der Waals surface area contributed by atoms with Crippen LogP contribution in [-0.4, -0.2) is 27.4 Å². The quantitative estimate of drug-likeness (QED) is 0.459. The van der Waals surface area contributed by atoms with Crippen LogP contribution in [0.3, 0.4) is 0 Å². The number of aliphatic hydroxyl groups excluding tert-OH is 1. The fraction of sp³-hybridized carbons (Fsp3) is 0.444. The van der Waals surface area contributed by atoms with Crippen LogP contribution >= 0.6 is 11.8 Å². The van der Waals surface area contributed by atoms with Crippen molar-refractivity contribution in [2.24, 2.45) is 5.92 Å². The number of pyridine rings is 1. The zero-order valence-electron chi connectivity index (χ0n) is 8.79. The first-order valence-electron chi connectivity index (χ1n) is 4.68. The van der Waals surface area contributed by atoms with Crippen molar-refractivity contribution >= 4 is 23.3 Å². The molecule has 1 aromatic rings. The van der Waals surface area contributed by atoms with Gasteiger partial charge in [-0.2, -0.15) is 0 Å². The minimum absolute atomic E-state index is 0.0633. The molecule has 0 bridgehead atoms. The second kappa shape index (κ2) is 5.66. The Balaban J connectivity index is 2.76. The number of hydrogen-bond acceptors (Lipinski definition) is 6. The van der Waals surface area contributed by atoms with Crippen molar-refractivity contribution in [3.8, 4) is 0 Å². The number of nitrogens with zero attached hydrogens (tertiary/aromatic N) is 2. The van der Waals surface area contributed by atoms with Gasteiger partial charge in [-0.1, -0.05) is 6.92 Å². The summed E-state index contributed by atoms with van der Waals surface area (Å²) < 4.78 is 0. The maximum Gasteiger partial charge on any atom is 0.275 e. The van der Waals surface area contributed by atoms with Crippen LogP contribution in [0.4, 0.5) is 11.5 Å². The molecule has 1 atom stereocenters. The van der Waals surface area contributed by atoms with Crippen LogP contribution in [0, 0.1) is 16.0 Å². The first-order chi connectivity index (χ1) is 7.52. The summed E-state index contributed by atoms with van der Waals surface area (Å²) >= 11 is 1.34. The van der Waals surface area contributed by atoms with Crippen LogP contribution < -0.4 is 5.73 Å². The summed E-state index contributed by atoms with van der Waals surface area (Å²) in [4.78, 5) is 14.0. The van der Waals surface area contributed by atoms with Gasteiger partial charge in [0, 0.05) is 18.4 Å². The summed E-state index contributed by atoms with van der Waals surface area (Å²) in [7, 11) is 0. The monoisotopic (exact) mass is 243 g/mol. The number of aliphatic hydroxyl groups is 1. The van der Waals surface area contributed by atoms with Gasteiger partial charge in [0.1, 0.15) is 10.8 Å². The van der Waals surface area contributed by atoms with Gasteiger partial charge in [0.25, 0.3) is 5.69 Å². The van der Waals surface area contributed by atoms with E-state index in [0.29, 0.717) is 10.8 Å². The Morgan fingerprint density at radius 3 is 2.94 bits per heavy atom. The van der Waals surface area contributed by atoms with Crippen molar-refractivity contribution in [3.63, 3.8) is 0 Å². The Morgan fingerprint density at radius 2 is 2.38 bits per heavy atom. The Bertz CT molecular complexity index is 386. The lowest BCUT2D eigenvalue weighted by atomic mass is 10.2. The smallest absolute Gasteiger partial charge is 0.275 e. The Kier molecular flexibility index (Phi) is 4.51. The molecule has 7 heteroatoms. The molecule has 0 fully saturated rings. The van der Waals surface area contributed by atoms with Crippen molar-refractivity contribution in [3.05, 3.63) is 22.2 Å². The minimum atomic E-state index is -0.502. The molecule has 0 saturated heterocycles. The highest BCUT2D eigenvalue weighted by molar-refractivity contribution is 7.99. The highest BCUT2D eigenvalue weighted by Crippen LogP contribution is 2.24. The molecule has 0 aliphatic carbocycles. The molecule has 88 valence electrons. The van der Waals surface area contributed by atoms with Crippen LogP contribution in [0.1, 0.15) is 6.92 Å². The summed E-state index contributed by atoms with van der Waals surface area (Å²) in [6, 6.07) is 2.60. The molecule has 0 aromatic carbocycles. The van der Waals surface area contributed by atoms with Gasteiger partial charge in [-0.15, -0.1) is 11.8 Å². The molecule has 6 nitrogen and oxygen atoms in total. The molecule has 0 radical (unpaired) electrons. The minimum Gasteiger partial charge on any atom is -0.396 e. The molecule has 1 unspecified atom stereocenters. The second-order valence-corrected chi connectivity index (χ2v) is 4.48. The van der Waals surface area contributed by atoms with Crippen LogP contribution in [0.15, 0.2) is 17.2 Å². The molecule has 16 heavy (non-hydrogen) atoms. The average molecular weight is 243 g/mol. The SMILES string of the molecule is CC(CO)CSc1cc([N+](=O)[O-])cc(N)n1. The first-order valence-corrected chi connectivity index (χ1v) is 5.67. The predicted molar refractivity (Wildman–Crippen MR) is 62.3 cm³/mol. The van der Waals surface area contributed by atoms with E-state index in [9.17, 15) is 10.1 Å². The third kappa shape index (κ3) is 3.67. The molecule has 3 N–H and O–H groups in total. The average Bonchev–Trinajstić information content (AvgIpc) is 2.25. The normalized spacial score (nSPS) is 12.4. The zero-order chi connectivity index (χ0) is 12.1. The lowest BCUT2D eigenvalue weighted by Crippen LogP contribution is -2.04. The number of nitrogen functional groups attached to an aromatic ring is 1. The van der Waals surface area contributed by atoms with E-state index in [1.165, 1.54) is 23.9 Å². The van der Waals surface area contributed by atoms with Crippen molar-refractivity contribution in [2.75, 3.05) is 18.1 Å². The molecule has 0 amide bonds. The Morgan fingerprint density at radius 1 is 1.69 bits per heavy atom. The van der Waals surface area contributed by atoms with Crippen LogP contribution in [-0.2, 0) is 0 Å². The predicted octanol–water partition coefficient (Wildman–Crippen LogP) is 1.29. The van der Waals surface area contributed by atoms with Gasteiger partial charge in [-0.05, 0) is 5.92 Å². The molecule has 0 aliphatic rings. The summed E-state index contributed by atoms with van der Waals surface area (Å²) in [5, 5.41) is 19.9. The maximum atomic E-state index is 10.6. The molecule has 1 rings (SSSR count). The van der Waals surface area contributed by atoms with Gasteiger partial charge in [0.05, 0.1) is 11.0 Å². The standard InChI is InChI=1S/C9H13N3O3S/c1-6(4-13)5-16-9-3-7(12(14)15)2-8(10)11-9/h2-3,6,13H,4-5H2,1H3,(H2,10,11). The molecule has 0 aliphatic heterocycles. The summed E-state index contributed by atoms with van der Waals surface area (Å²) in [6.45, 7) is 1.96. The maximum absolute atomic E-state index is 10.6. The van der Waals surface area contributed by atoms with Crippen LogP contribution in [0.5, 0.6) is 0 Å². The molecule has 1 aromatic heterocycles. The lowest BCUT2D eigenvalue weighted by Gasteiger charge is -2.06. The van der Waals surface area contributed by atoms with Gasteiger partial charge in [-0.25, -0.2) is 4.98 Å². The van der Waals surface area contributed by atoms with E-state index in [2.05, 4.69) is 4.98 Å². The summed E-state index contributed by atoms with van der Waals surface area (Å²) in [5.41, 5.74) is 5.39. The van der Waals surface area contributed by atoms with E-state index in [1.807, 2.05) is 6.92 Å². The van der Waals surface area contributed by atoms with E-state index in [1.54, 1.807) is 0 Å². The van der Waals surface area contributed by atoms with Gasteiger partial charge in [0.2, 0.25) is 0 Å². The molecular weight excluding hydrogens is 230 g/mol. The molecule has 0 saturated carbocycles. The van der Waals surface area contributed by atoms with Crippen molar-refractivity contribution in [2.45, 2.75) is 11.9 Å². The number of nitro groups is 1. The van der Waals surface area contributed by atoms with Gasteiger partial charge >= 0.3 is 0 Å². The van der Waals surface area contributed by atoms with Crippen molar-refractivity contribution in [1.82, 2.24) is 4.98 Å². The number of rotatable bonds is 5. The molecular formula is C9H13N3O3S. The first kappa shape index (κ1) is 12.7. The zero-order valence-corrected chi connectivity index (χ0v) is 9.61. The van der Waals surface area contributed by atoms with Crippen molar-refractivity contribution in [1.29, 1.82) is 0 Å². The summed E-state index contributed by atoms with van der Waals surface area (Å²) in [6.07, 6.45) is 0. The third-order valence-electron chi connectivity index (χ3n) is 1.84.